The SMILES string of the molecule is Cc1cccc(C(=O)NCc2ccc(Cl)cc2F)c1. The van der Waals surface area contributed by atoms with Gasteiger partial charge in [-0.2, -0.15) is 0 Å². The van der Waals surface area contributed by atoms with Crippen molar-refractivity contribution >= 4 is 17.5 Å². The molecule has 0 aliphatic carbocycles. The van der Waals surface area contributed by atoms with Crippen molar-refractivity contribution in [3.05, 3.63) is 70.0 Å². The number of nitrogens with one attached hydrogen (secondary N) is 1. The molecule has 0 aromatic heterocycles. The average Bonchev–Trinajstić information content (AvgIpc) is 2.37. The van der Waals surface area contributed by atoms with Crippen molar-refractivity contribution in [1.29, 1.82) is 0 Å². The van der Waals surface area contributed by atoms with Crippen molar-refractivity contribution in [3.8, 4) is 0 Å². The van der Waals surface area contributed by atoms with Crippen LogP contribution in [0, 0.1) is 12.7 Å². The van der Waals surface area contributed by atoms with Crippen LogP contribution in [0.4, 0.5) is 4.39 Å². The molecule has 2 nitrogen and oxygen atoms in total. The Labute approximate surface area is 116 Å². The van der Waals surface area contributed by atoms with Crippen LogP contribution >= 0.6 is 11.6 Å². The van der Waals surface area contributed by atoms with Crippen LogP contribution in [0.25, 0.3) is 0 Å². The van der Waals surface area contributed by atoms with Gasteiger partial charge in [-0.15, -0.1) is 0 Å². The number of carbonyl (C=O) groups excluding carboxylic acids is 1. The standard InChI is InChI=1S/C15H13ClFNO/c1-10-3-2-4-11(7-10)15(19)18-9-12-5-6-13(16)8-14(12)17/h2-8H,9H2,1H3,(H,18,19). The summed E-state index contributed by atoms with van der Waals surface area (Å²) in [6, 6.07) is 11.6. The third-order valence-corrected chi connectivity index (χ3v) is 2.97. The van der Waals surface area contributed by atoms with Gasteiger partial charge in [0.1, 0.15) is 5.82 Å². The first-order valence-corrected chi connectivity index (χ1v) is 6.23. The van der Waals surface area contributed by atoms with Gasteiger partial charge in [0.15, 0.2) is 0 Å². The fourth-order valence-corrected chi connectivity index (χ4v) is 1.89. The Kier molecular flexibility index (Phi) is 4.17. The number of amides is 1. The van der Waals surface area contributed by atoms with Gasteiger partial charge in [-0.1, -0.05) is 35.4 Å². The quantitative estimate of drug-likeness (QED) is 0.910. The molecule has 0 saturated carbocycles. The third kappa shape index (κ3) is 3.55. The summed E-state index contributed by atoms with van der Waals surface area (Å²) in [6.07, 6.45) is 0. The molecule has 1 N–H and O–H groups in total. The molecule has 0 radical (unpaired) electrons. The van der Waals surface area contributed by atoms with Gasteiger partial charge in [-0.3, -0.25) is 4.79 Å². The van der Waals surface area contributed by atoms with Gasteiger partial charge < -0.3 is 5.32 Å². The monoisotopic (exact) mass is 277 g/mol. The number of hydrogen-bond donors (Lipinski definition) is 1. The van der Waals surface area contributed by atoms with Crippen LogP contribution in [0.1, 0.15) is 21.5 Å². The summed E-state index contributed by atoms with van der Waals surface area (Å²) in [5.74, 6) is -0.643. The van der Waals surface area contributed by atoms with Gasteiger partial charge in [0, 0.05) is 22.7 Å². The summed E-state index contributed by atoms with van der Waals surface area (Å²) in [6.45, 7) is 2.05. The largest absolute Gasteiger partial charge is 0.348 e. The molecule has 98 valence electrons. The molecule has 0 saturated heterocycles. The Hall–Kier alpha value is -1.87. The lowest BCUT2D eigenvalue weighted by atomic mass is 10.1. The first kappa shape index (κ1) is 13.6. The maximum Gasteiger partial charge on any atom is 0.251 e. The predicted octanol–water partition coefficient (Wildman–Crippen LogP) is 3.72. The van der Waals surface area contributed by atoms with Gasteiger partial charge in [-0.05, 0) is 31.2 Å². The van der Waals surface area contributed by atoms with Crippen LogP contribution in [0.2, 0.25) is 5.02 Å². The molecular weight excluding hydrogens is 265 g/mol. The number of aryl methyl sites for hydroxylation is 1. The van der Waals surface area contributed by atoms with Gasteiger partial charge in [0.05, 0.1) is 0 Å². The van der Waals surface area contributed by atoms with Gasteiger partial charge in [0.25, 0.3) is 5.91 Å². The molecule has 0 fully saturated rings. The molecule has 2 aromatic carbocycles. The number of halogens is 2. The smallest absolute Gasteiger partial charge is 0.251 e. The van der Waals surface area contributed by atoms with E-state index in [4.69, 9.17) is 11.6 Å². The van der Waals surface area contributed by atoms with Crippen LogP contribution in [-0.2, 0) is 6.54 Å². The highest BCUT2D eigenvalue weighted by Crippen LogP contribution is 2.14. The van der Waals surface area contributed by atoms with Crippen LogP contribution in [0.15, 0.2) is 42.5 Å². The van der Waals surface area contributed by atoms with E-state index in [0.717, 1.165) is 5.56 Å². The Morgan fingerprint density at radius 3 is 2.74 bits per heavy atom. The molecule has 19 heavy (non-hydrogen) atoms. The van der Waals surface area contributed by atoms with E-state index in [2.05, 4.69) is 5.32 Å². The second-order valence-corrected chi connectivity index (χ2v) is 4.72. The minimum Gasteiger partial charge on any atom is -0.348 e. The first-order chi connectivity index (χ1) is 9.06. The third-order valence-electron chi connectivity index (χ3n) is 2.73. The van der Waals surface area contributed by atoms with Crippen LogP contribution in [0.3, 0.4) is 0 Å². The maximum absolute atomic E-state index is 13.5. The predicted molar refractivity (Wildman–Crippen MR) is 73.8 cm³/mol. The zero-order valence-electron chi connectivity index (χ0n) is 10.4. The summed E-state index contributed by atoms with van der Waals surface area (Å²) in [5.41, 5.74) is 1.98. The lowest BCUT2D eigenvalue weighted by molar-refractivity contribution is 0.0950. The first-order valence-electron chi connectivity index (χ1n) is 5.85. The topological polar surface area (TPSA) is 29.1 Å². The second-order valence-electron chi connectivity index (χ2n) is 4.29. The van der Waals surface area contributed by atoms with Gasteiger partial charge >= 0.3 is 0 Å². The summed E-state index contributed by atoms with van der Waals surface area (Å²) < 4.78 is 13.5. The normalized spacial score (nSPS) is 10.3. The van der Waals surface area contributed by atoms with E-state index < -0.39 is 5.82 Å². The fraction of sp³-hybridized carbons (Fsp3) is 0.133. The molecule has 0 atom stereocenters. The molecule has 0 spiro atoms. The minimum atomic E-state index is -0.419. The zero-order valence-corrected chi connectivity index (χ0v) is 11.2. The maximum atomic E-state index is 13.5. The van der Waals surface area contributed by atoms with Crippen molar-refractivity contribution < 1.29 is 9.18 Å². The lowest BCUT2D eigenvalue weighted by Gasteiger charge is -2.07. The van der Waals surface area contributed by atoms with Crippen LogP contribution in [0.5, 0.6) is 0 Å². The number of hydrogen-bond acceptors (Lipinski definition) is 1. The number of carbonyl (C=O) groups is 1. The Morgan fingerprint density at radius 2 is 2.05 bits per heavy atom. The highest BCUT2D eigenvalue weighted by Gasteiger charge is 2.07. The molecule has 2 rings (SSSR count). The van der Waals surface area contributed by atoms with Gasteiger partial charge in [0.2, 0.25) is 0 Å². The Morgan fingerprint density at radius 1 is 1.26 bits per heavy atom. The highest BCUT2D eigenvalue weighted by molar-refractivity contribution is 6.30. The number of rotatable bonds is 3. The highest BCUT2D eigenvalue weighted by atomic mass is 35.5. The molecular formula is C15H13ClFNO. The summed E-state index contributed by atoms with van der Waals surface area (Å²) in [7, 11) is 0. The molecule has 0 unspecified atom stereocenters. The zero-order chi connectivity index (χ0) is 13.8. The van der Waals surface area contributed by atoms with E-state index in [9.17, 15) is 9.18 Å². The fourth-order valence-electron chi connectivity index (χ4n) is 1.73. The summed E-state index contributed by atoms with van der Waals surface area (Å²) in [5, 5.41) is 3.02. The summed E-state index contributed by atoms with van der Waals surface area (Å²) in [4.78, 5) is 11.9. The average molecular weight is 278 g/mol. The Bertz CT molecular complexity index is 613. The summed E-state index contributed by atoms with van der Waals surface area (Å²) >= 11 is 5.67. The van der Waals surface area contributed by atoms with E-state index in [0.29, 0.717) is 16.1 Å². The van der Waals surface area contributed by atoms with E-state index >= 15 is 0 Å². The minimum absolute atomic E-state index is 0.135. The van der Waals surface area contributed by atoms with Crippen molar-refractivity contribution in [1.82, 2.24) is 5.32 Å². The molecule has 0 aliphatic heterocycles. The molecule has 0 bridgehead atoms. The van der Waals surface area contributed by atoms with E-state index in [-0.39, 0.29) is 12.5 Å². The van der Waals surface area contributed by atoms with Crippen molar-refractivity contribution in [3.63, 3.8) is 0 Å². The number of benzene rings is 2. The van der Waals surface area contributed by atoms with E-state index in [1.807, 2.05) is 19.1 Å². The van der Waals surface area contributed by atoms with Crippen LogP contribution in [-0.4, -0.2) is 5.91 Å². The molecule has 0 aliphatic rings. The van der Waals surface area contributed by atoms with E-state index in [1.165, 1.54) is 6.07 Å². The van der Waals surface area contributed by atoms with Crippen molar-refractivity contribution in [2.75, 3.05) is 0 Å². The van der Waals surface area contributed by atoms with E-state index in [1.54, 1.807) is 24.3 Å². The molecule has 4 heteroatoms. The van der Waals surface area contributed by atoms with Crippen LogP contribution < -0.4 is 5.32 Å². The molecule has 2 aromatic rings. The Balaban J connectivity index is 2.04. The molecule has 1 amide bonds. The lowest BCUT2D eigenvalue weighted by Crippen LogP contribution is -2.23. The van der Waals surface area contributed by atoms with Crippen molar-refractivity contribution in [2.45, 2.75) is 13.5 Å². The molecule has 0 heterocycles. The second kappa shape index (κ2) is 5.85. The van der Waals surface area contributed by atoms with Gasteiger partial charge in [-0.25, -0.2) is 4.39 Å². The van der Waals surface area contributed by atoms with Crippen molar-refractivity contribution in [2.24, 2.45) is 0 Å².